The van der Waals surface area contributed by atoms with Crippen LogP contribution in [0.3, 0.4) is 0 Å². The van der Waals surface area contributed by atoms with Crippen LogP contribution in [-0.4, -0.2) is 19.1 Å². The summed E-state index contributed by atoms with van der Waals surface area (Å²) in [7, 11) is 0. The van der Waals surface area contributed by atoms with Gasteiger partial charge >= 0.3 is 0 Å². The summed E-state index contributed by atoms with van der Waals surface area (Å²) in [6, 6.07) is 15.4. The van der Waals surface area contributed by atoms with Crippen molar-refractivity contribution >= 4 is 5.91 Å². The minimum absolute atomic E-state index is 0.0630. The molecule has 23 heavy (non-hydrogen) atoms. The first-order valence-electron chi connectivity index (χ1n) is 8.02. The van der Waals surface area contributed by atoms with Gasteiger partial charge in [0.25, 0.3) is 5.91 Å². The standard InChI is InChI=1S/C19H24N2O2/c1-2-12-23-18-5-3-4-15(13-18)10-11-21-19(22)17-8-6-16(14-20)7-9-17/h3-9,13H,2,10-12,14,20H2,1H3,(H,21,22). The van der Waals surface area contributed by atoms with E-state index in [0.717, 1.165) is 36.3 Å². The molecule has 0 aromatic heterocycles. The van der Waals surface area contributed by atoms with E-state index in [2.05, 4.69) is 12.2 Å². The molecule has 2 rings (SSSR count). The predicted molar refractivity (Wildman–Crippen MR) is 92.6 cm³/mol. The molecule has 122 valence electrons. The minimum Gasteiger partial charge on any atom is -0.494 e. The Morgan fingerprint density at radius 3 is 2.61 bits per heavy atom. The van der Waals surface area contributed by atoms with Gasteiger partial charge in [0.05, 0.1) is 6.61 Å². The van der Waals surface area contributed by atoms with Crippen molar-refractivity contribution in [1.29, 1.82) is 0 Å². The Hall–Kier alpha value is -2.33. The molecule has 1 amide bonds. The molecule has 0 unspecified atom stereocenters. The van der Waals surface area contributed by atoms with Crippen molar-refractivity contribution in [2.75, 3.05) is 13.2 Å². The van der Waals surface area contributed by atoms with Crippen molar-refractivity contribution in [3.05, 3.63) is 65.2 Å². The molecule has 0 bridgehead atoms. The van der Waals surface area contributed by atoms with Crippen LogP contribution in [0.1, 0.15) is 34.8 Å². The first kappa shape index (κ1) is 17.0. The zero-order valence-electron chi connectivity index (χ0n) is 13.5. The zero-order chi connectivity index (χ0) is 16.5. The van der Waals surface area contributed by atoms with Crippen LogP contribution in [0.2, 0.25) is 0 Å². The maximum Gasteiger partial charge on any atom is 0.251 e. The SMILES string of the molecule is CCCOc1cccc(CCNC(=O)c2ccc(CN)cc2)c1. The van der Waals surface area contributed by atoms with E-state index in [4.69, 9.17) is 10.5 Å². The second-order valence-electron chi connectivity index (χ2n) is 5.40. The quantitative estimate of drug-likeness (QED) is 0.788. The molecular formula is C19H24N2O2. The van der Waals surface area contributed by atoms with Gasteiger partial charge in [-0.05, 0) is 48.2 Å². The molecule has 0 aliphatic rings. The maximum atomic E-state index is 12.1. The summed E-state index contributed by atoms with van der Waals surface area (Å²) < 4.78 is 5.62. The Morgan fingerprint density at radius 2 is 1.91 bits per heavy atom. The number of benzene rings is 2. The van der Waals surface area contributed by atoms with Crippen molar-refractivity contribution in [3.63, 3.8) is 0 Å². The van der Waals surface area contributed by atoms with Gasteiger partial charge in [-0.15, -0.1) is 0 Å². The number of carbonyl (C=O) groups is 1. The number of ether oxygens (including phenoxy) is 1. The van der Waals surface area contributed by atoms with E-state index in [1.165, 1.54) is 0 Å². The summed E-state index contributed by atoms with van der Waals surface area (Å²) in [4.78, 5) is 12.1. The van der Waals surface area contributed by atoms with E-state index in [1.807, 2.05) is 36.4 Å². The average molecular weight is 312 g/mol. The van der Waals surface area contributed by atoms with E-state index in [9.17, 15) is 4.79 Å². The Morgan fingerprint density at radius 1 is 1.13 bits per heavy atom. The molecule has 0 saturated carbocycles. The third-order valence-electron chi connectivity index (χ3n) is 3.52. The number of hydrogen-bond donors (Lipinski definition) is 2. The maximum absolute atomic E-state index is 12.1. The Balaban J connectivity index is 1.82. The highest BCUT2D eigenvalue weighted by molar-refractivity contribution is 5.94. The molecule has 0 aliphatic carbocycles. The van der Waals surface area contributed by atoms with Crippen LogP contribution in [0, 0.1) is 0 Å². The third-order valence-corrected chi connectivity index (χ3v) is 3.52. The molecule has 4 heteroatoms. The van der Waals surface area contributed by atoms with Crippen LogP contribution >= 0.6 is 0 Å². The van der Waals surface area contributed by atoms with Gasteiger partial charge in [0.1, 0.15) is 5.75 Å². The summed E-state index contributed by atoms with van der Waals surface area (Å²) in [5.41, 5.74) is 8.38. The normalized spacial score (nSPS) is 10.3. The number of amides is 1. The second-order valence-corrected chi connectivity index (χ2v) is 5.40. The first-order valence-corrected chi connectivity index (χ1v) is 8.02. The fourth-order valence-corrected chi connectivity index (χ4v) is 2.23. The van der Waals surface area contributed by atoms with Crippen LogP contribution in [-0.2, 0) is 13.0 Å². The molecule has 0 saturated heterocycles. The number of hydrogen-bond acceptors (Lipinski definition) is 3. The van der Waals surface area contributed by atoms with E-state index in [0.29, 0.717) is 18.7 Å². The second kappa shape index (κ2) is 8.96. The highest BCUT2D eigenvalue weighted by Crippen LogP contribution is 2.14. The van der Waals surface area contributed by atoms with Crippen LogP contribution in [0.15, 0.2) is 48.5 Å². The van der Waals surface area contributed by atoms with Gasteiger partial charge in [-0.1, -0.05) is 31.2 Å². The van der Waals surface area contributed by atoms with E-state index in [-0.39, 0.29) is 5.91 Å². The first-order chi connectivity index (χ1) is 11.2. The lowest BCUT2D eigenvalue weighted by atomic mass is 10.1. The molecular weight excluding hydrogens is 288 g/mol. The molecule has 0 heterocycles. The monoisotopic (exact) mass is 312 g/mol. The van der Waals surface area contributed by atoms with E-state index >= 15 is 0 Å². The van der Waals surface area contributed by atoms with E-state index in [1.54, 1.807) is 12.1 Å². The summed E-state index contributed by atoms with van der Waals surface area (Å²) in [5, 5.41) is 2.94. The number of nitrogens with two attached hydrogens (primary N) is 1. The van der Waals surface area contributed by atoms with Crippen LogP contribution in [0.5, 0.6) is 5.75 Å². The summed E-state index contributed by atoms with van der Waals surface area (Å²) in [5.74, 6) is 0.819. The average Bonchev–Trinajstić information content (AvgIpc) is 2.60. The lowest BCUT2D eigenvalue weighted by Gasteiger charge is -2.08. The highest BCUT2D eigenvalue weighted by Gasteiger charge is 2.05. The summed E-state index contributed by atoms with van der Waals surface area (Å²) >= 11 is 0. The van der Waals surface area contributed by atoms with Gasteiger partial charge in [-0.3, -0.25) is 4.79 Å². The minimum atomic E-state index is -0.0630. The van der Waals surface area contributed by atoms with Crippen LogP contribution < -0.4 is 15.8 Å². The Bertz CT molecular complexity index is 624. The molecule has 3 N–H and O–H groups in total. The molecule has 2 aromatic carbocycles. The number of rotatable bonds is 8. The molecule has 0 aliphatic heterocycles. The van der Waals surface area contributed by atoms with Crippen molar-refractivity contribution in [2.24, 2.45) is 5.73 Å². The van der Waals surface area contributed by atoms with Gasteiger partial charge in [-0.2, -0.15) is 0 Å². The van der Waals surface area contributed by atoms with E-state index < -0.39 is 0 Å². The topological polar surface area (TPSA) is 64.3 Å². The summed E-state index contributed by atoms with van der Waals surface area (Å²) in [6.07, 6.45) is 1.76. The molecule has 0 fully saturated rings. The van der Waals surface area contributed by atoms with Crippen LogP contribution in [0.4, 0.5) is 0 Å². The molecule has 2 aromatic rings. The summed E-state index contributed by atoms with van der Waals surface area (Å²) in [6.45, 7) is 3.88. The van der Waals surface area contributed by atoms with Crippen molar-refractivity contribution in [3.8, 4) is 5.75 Å². The van der Waals surface area contributed by atoms with Gasteiger partial charge in [0.2, 0.25) is 0 Å². The van der Waals surface area contributed by atoms with Gasteiger partial charge in [0, 0.05) is 18.7 Å². The van der Waals surface area contributed by atoms with Crippen molar-refractivity contribution in [1.82, 2.24) is 5.32 Å². The smallest absolute Gasteiger partial charge is 0.251 e. The fourth-order valence-electron chi connectivity index (χ4n) is 2.23. The molecule has 0 atom stereocenters. The zero-order valence-corrected chi connectivity index (χ0v) is 13.5. The predicted octanol–water partition coefficient (Wildman–Crippen LogP) is 2.91. The van der Waals surface area contributed by atoms with Gasteiger partial charge in [-0.25, -0.2) is 0 Å². The van der Waals surface area contributed by atoms with Crippen molar-refractivity contribution < 1.29 is 9.53 Å². The number of nitrogens with one attached hydrogen (secondary N) is 1. The largest absolute Gasteiger partial charge is 0.494 e. The van der Waals surface area contributed by atoms with Gasteiger partial charge < -0.3 is 15.8 Å². The fraction of sp³-hybridized carbons (Fsp3) is 0.316. The Kier molecular flexibility index (Phi) is 6.63. The lowest BCUT2D eigenvalue weighted by Crippen LogP contribution is -2.25. The molecule has 0 radical (unpaired) electrons. The number of carbonyl (C=O) groups excluding carboxylic acids is 1. The Labute approximate surface area is 137 Å². The molecule has 0 spiro atoms. The highest BCUT2D eigenvalue weighted by atomic mass is 16.5. The lowest BCUT2D eigenvalue weighted by molar-refractivity contribution is 0.0954. The molecule has 4 nitrogen and oxygen atoms in total. The third kappa shape index (κ3) is 5.42. The van der Waals surface area contributed by atoms with Gasteiger partial charge in [0.15, 0.2) is 0 Å². The van der Waals surface area contributed by atoms with Crippen LogP contribution in [0.25, 0.3) is 0 Å². The van der Waals surface area contributed by atoms with Crippen molar-refractivity contribution in [2.45, 2.75) is 26.3 Å².